The second kappa shape index (κ2) is 5.82. The van der Waals surface area contributed by atoms with Gasteiger partial charge in [0.15, 0.2) is 0 Å². The first-order valence-corrected chi connectivity index (χ1v) is 6.33. The summed E-state index contributed by atoms with van der Waals surface area (Å²) < 4.78 is 5.71. The van der Waals surface area contributed by atoms with Crippen LogP contribution in [0, 0.1) is 10.1 Å². The summed E-state index contributed by atoms with van der Waals surface area (Å²) in [6.07, 6.45) is 3.26. The summed E-state index contributed by atoms with van der Waals surface area (Å²) in [5, 5.41) is 14.1. The van der Waals surface area contributed by atoms with Crippen molar-refractivity contribution in [3.63, 3.8) is 0 Å². The molecule has 1 fully saturated rings. The van der Waals surface area contributed by atoms with E-state index in [-0.39, 0.29) is 11.8 Å². The fourth-order valence-corrected chi connectivity index (χ4v) is 2.04. The van der Waals surface area contributed by atoms with E-state index in [0.717, 1.165) is 25.8 Å². The van der Waals surface area contributed by atoms with Crippen molar-refractivity contribution in [2.45, 2.75) is 38.3 Å². The van der Waals surface area contributed by atoms with Gasteiger partial charge in [-0.15, -0.1) is 0 Å². The molecule has 0 atom stereocenters. The van der Waals surface area contributed by atoms with Crippen molar-refractivity contribution in [1.82, 2.24) is 5.32 Å². The molecule has 0 aliphatic heterocycles. The van der Waals surface area contributed by atoms with Gasteiger partial charge in [-0.05, 0) is 31.9 Å². The number of rotatable bonds is 6. The zero-order chi connectivity index (χ0) is 13.0. The lowest BCUT2D eigenvalue weighted by Crippen LogP contribution is -2.46. The first-order valence-electron chi connectivity index (χ1n) is 6.33. The van der Waals surface area contributed by atoms with Crippen molar-refractivity contribution in [3.05, 3.63) is 34.4 Å². The third kappa shape index (κ3) is 3.20. The summed E-state index contributed by atoms with van der Waals surface area (Å²) in [4.78, 5) is 10.2. The molecule has 0 heterocycles. The van der Waals surface area contributed by atoms with Gasteiger partial charge in [-0.2, -0.15) is 0 Å². The molecule has 0 amide bonds. The number of hydrogen-bond acceptors (Lipinski definition) is 4. The highest BCUT2D eigenvalue weighted by Crippen LogP contribution is 2.27. The molecule has 0 aromatic heterocycles. The topological polar surface area (TPSA) is 64.4 Å². The number of benzene rings is 1. The predicted molar refractivity (Wildman–Crippen MR) is 68.8 cm³/mol. The largest absolute Gasteiger partial charge is 0.490 e. The van der Waals surface area contributed by atoms with Gasteiger partial charge in [0.1, 0.15) is 11.9 Å². The summed E-state index contributed by atoms with van der Waals surface area (Å²) in [6.45, 7) is 3.18. The molecule has 98 valence electrons. The molecule has 1 aliphatic carbocycles. The molecule has 1 N–H and O–H groups in total. The fourth-order valence-electron chi connectivity index (χ4n) is 2.04. The van der Waals surface area contributed by atoms with Crippen LogP contribution in [0.5, 0.6) is 5.75 Å². The van der Waals surface area contributed by atoms with Crippen molar-refractivity contribution < 1.29 is 9.66 Å². The van der Waals surface area contributed by atoms with Crippen LogP contribution in [0.15, 0.2) is 24.3 Å². The van der Waals surface area contributed by atoms with E-state index in [1.54, 1.807) is 12.1 Å². The number of nitrogens with zero attached hydrogens (tertiary/aromatic N) is 1. The van der Waals surface area contributed by atoms with E-state index >= 15 is 0 Å². The Kier molecular flexibility index (Phi) is 4.15. The summed E-state index contributed by atoms with van der Waals surface area (Å²) in [6, 6.07) is 6.90. The summed E-state index contributed by atoms with van der Waals surface area (Å²) >= 11 is 0. The van der Waals surface area contributed by atoms with Gasteiger partial charge in [-0.25, -0.2) is 0 Å². The predicted octanol–water partition coefficient (Wildman–Crippen LogP) is 2.50. The Morgan fingerprint density at radius 1 is 1.50 bits per heavy atom. The minimum Gasteiger partial charge on any atom is -0.490 e. The van der Waals surface area contributed by atoms with E-state index in [0.29, 0.717) is 11.8 Å². The number of nitro benzene ring substituents is 1. The maximum atomic E-state index is 10.6. The Labute approximate surface area is 106 Å². The average Bonchev–Trinajstić information content (AvgIpc) is 2.32. The quantitative estimate of drug-likeness (QED) is 0.622. The smallest absolute Gasteiger partial charge is 0.273 e. The molecule has 5 heteroatoms. The average molecular weight is 250 g/mol. The minimum absolute atomic E-state index is 0.0764. The van der Waals surface area contributed by atoms with Gasteiger partial charge in [-0.1, -0.05) is 13.0 Å². The Balaban J connectivity index is 1.81. The van der Waals surface area contributed by atoms with E-state index in [4.69, 9.17) is 4.74 Å². The molecule has 1 saturated carbocycles. The SMILES string of the molecule is CCCNC1CC(Oc2cccc([N+](=O)[O-])c2)C1. The van der Waals surface area contributed by atoms with Gasteiger partial charge in [0.2, 0.25) is 0 Å². The maximum Gasteiger partial charge on any atom is 0.273 e. The molecule has 18 heavy (non-hydrogen) atoms. The van der Waals surface area contributed by atoms with Crippen LogP contribution in [-0.4, -0.2) is 23.6 Å². The van der Waals surface area contributed by atoms with Crippen molar-refractivity contribution in [1.29, 1.82) is 0 Å². The Bertz CT molecular complexity index is 416. The Morgan fingerprint density at radius 3 is 2.94 bits per heavy atom. The highest BCUT2D eigenvalue weighted by atomic mass is 16.6. The van der Waals surface area contributed by atoms with Crippen LogP contribution >= 0.6 is 0 Å². The highest BCUT2D eigenvalue weighted by molar-refractivity contribution is 5.38. The van der Waals surface area contributed by atoms with Crippen molar-refractivity contribution in [2.24, 2.45) is 0 Å². The molecular formula is C13H18N2O3. The standard InChI is InChI=1S/C13H18N2O3/c1-2-6-14-10-7-13(8-10)18-12-5-3-4-11(9-12)15(16)17/h3-5,9-10,13-14H,2,6-8H2,1H3. The van der Waals surface area contributed by atoms with Crippen LogP contribution in [0.25, 0.3) is 0 Å². The molecule has 2 rings (SSSR count). The number of ether oxygens (including phenoxy) is 1. The number of nitrogens with one attached hydrogen (secondary N) is 1. The normalized spacial score (nSPS) is 22.3. The number of non-ortho nitro benzene ring substituents is 1. The molecule has 1 aliphatic rings. The van der Waals surface area contributed by atoms with Crippen LogP contribution in [0.1, 0.15) is 26.2 Å². The van der Waals surface area contributed by atoms with Gasteiger partial charge in [0.05, 0.1) is 11.0 Å². The minimum atomic E-state index is -0.404. The van der Waals surface area contributed by atoms with E-state index in [2.05, 4.69) is 12.2 Å². The summed E-state index contributed by atoms with van der Waals surface area (Å²) in [5.41, 5.74) is 0.0764. The van der Waals surface area contributed by atoms with Crippen LogP contribution in [0.4, 0.5) is 5.69 Å². The third-order valence-corrected chi connectivity index (χ3v) is 3.11. The summed E-state index contributed by atoms with van der Waals surface area (Å²) in [7, 11) is 0. The van der Waals surface area contributed by atoms with Gasteiger partial charge >= 0.3 is 0 Å². The van der Waals surface area contributed by atoms with E-state index in [1.807, 2.05) is 0 Å². The first-order chi connectivity index (χ1) is 8.69. The van der Waals surface area contributed by atoms with Gasteiger partial charge in [-0.3, -0.25) is 10.1 Å². The van der Waals surface area contributed by atoms with Crippen molar-refractivity contribution in [3.8, 4) is 5.75 Å². The lowest BCUT2D eigenvalue weighted by Gasteiger charge is -2.35. The van der Waals surface area contributed by atoms with Gasteiger partial charge < -0.3 is 10.1 Å². The lowest BCUT2D eigenvalue weighted by molar-refractivity contribution is -0.385. The van der Waals surface area contributed by atoms with Crippen LogP contribution in [0.3, 0.4) is 0 Å². The number of hydrogen-bond donors (Lipinski definition) is 1. The zero-order valence-electron chi connectivity index (χ0n) is 10.5. The second-order valence-corrected chi connectivity index (χ2v) is 4.62. The lowest BCUT2D eigenvalue weighted by atomic mass is 9.89. The Morgan fingerprint density at radius 2 is 2.28 bits per heavy atom. The molecule has 0 spiro atoms. The van der Waals surface area contributed by atoms with Crippen LogP contribution in [0.2, 0.25) is 0 Å². The van der Waals surface area contributed by atoms with Crippen molar-refractivity contribution in [2.75, 3.05) is 6.54 Å². The third-order valence-electron chi connectivity index (χ3n) is 3.11. The highest BCUT2D eigenvalue weighted by Gasteiger charge is 2.30. The molecule has 5 nitrogen and oxygen atoms in total. The van der Waals surface area contributed by atoms with Crippen LogP contribution < -0.4 is 10.1 Å². The first kappa shape index (κ1) is 12.8. The van der Waals surface area contributed by atoms with E-state index in [1.165, 1.54) is 12.1 Å². The zero-order valence-corrected chi connectivity index (χ0v) is 10.5. The van der Waals surface area contributed by atoms with Gasteiger partial charge in [0, 0.05) is 12.1 Å². The second-order valence-electron chi connectivity index (χ2n) is 4.62. The molecular weight excluding hydrogens is 232 g/mol. The molecule has 0 bridgehead atoms. The fraction of sp³-hybridized carbons (Fsp3) is 0.538. The van der Waals surface area contributed by atoms with Gasteiger partial charge in [0.25, 0.3) is 5.69 Å². The number of nitro groups is 1. The summed E-state index contributed by atoms with van der Waals surface area (Å²) in [5.74, 6) is 0.586. The van der Waals surface area contributed by atoms with Crippen LogP contribution in [-0.2, 0) is 0 Å². The molecule has 1 aromatic rings. The molecule has 0 unspecified atom stereocenters. The van der Waals surface area contributed by atoms with E-state index in [9.17, 15) is 10.1 Å². The monoisotopic (exact) mass is 250 g/mol. The molecule has 0 radical (unpaired) electrons. The van der Waals surface area contributed by atoms with Crippen molar-refractivity contribution >= 4 is 5.69 Å². The molecule has 1 aromatic carbocycles. The van der Waals surface area contributed by atoms with E-state index < -0.39 is 4.92 Å². The Hall–Kier alpha value is -1.62. The molecule has 0 saturated heterocycles. The maximum absolute atomic E-state index is 10.6.